The van der Waals surface area contributed by atoms with E-state index in [9.17, 15) is 0 Å². The fourth-order valence-corrected chi connectivity index (χ4v) is 3.56. The highest BCUT2D eigenvalue weighted by Crippen LogP contribution is 2.31. The third-order valence-corrected chi connectivity index (χ3v) is 5.35. The third kappa shape index (κ3) is 7.44. The standard InChI is InChI=1S/C18H36N4O.HI/c1-4-16(5-2)17(22-10-12-23-13-11-22)14-21-18(19-3)20-9-8-15-6-7-15;/h15-17H,4-14H2,1-3H3,(H2,19,20,21);1H. The number of ether oxygens (including phenoxy) is 1. The van der Waals surface area contributed by atoms with Crippen LogP contribution in [-0.2, 0) is 4.74 Å². The van der Waals surface area contributed by atoms with E-state index in [4.69, 9.17) is 4.74 Å². The minimum atomic E-state index is 0. The van der Waals surface area contributed by atoms with Gasteiger partial charge in [0.25, 0.3) is 0 Å². The van der Waals surface area contributed by atoms with Gasteiger partial charge >= 0.3 is 0 Å². The number of rotatable bonds is 9. The van der Waals surface area contributed by atoms with Crippen molar-refractivity contribution >= 4 is 29.9 Å². The molecule has 2 N–H and O–H groups in total. The Hall–Kier alpha value is -0.0800. The number of nitrogens with one attached hydrogen (secondary N) is 2. The van der Waals surface area contributed by atoms with Crippen LogP contribution in [-0.4, -0.2) is 63.3 Å². The quantitative estimate of drug-likeness (QED) is 0.321. The summed E-state index contributed by atoms with van der Waals surface area (Å²) in [6.07, 6.45) is 6.57. The molecular formula is C18H37IN4O. The van der Waals surface area contributed by atoms with Gasteiger partial charge in [-0.1, -0.05) is 39.5 Å². The lowest BCUT2D eigenvalue weighted by molar-refractivity contribution is 0.00272. The number of guanidine groups is 1. The van der Waals surface area contributed by atoms with Gasteiger partial charge in [0.2, 0.25) is 0 Å². The van der Waals surface area contributed by atoms with E-state index in [1.54, 1.807) is 0 Å². The molecule has 0 radical (unpaired) electrons. The van der Waals surface area contributed by atoms with Gasteiger partial charge in [0.05, 0.1) is 13.2 Å². The molecule has 0 amide bonds. The van der Waals surface area contributed by atoms with Crippen LogP contribution in [0.2, 0.25) is 0 Å². The lowest BCUT2D eigenvalue weighted by atomic mass is 9.92. The third-order valence-electron chi connectivity index (χ3n) is 5.35. The molecule has 0 aromatic carbocycles. The van der Waals surface area contributed by atoms with Crippen molar-refractivity contribution in [3.05, 3.63) is 0 Å². The fraction of sp³-hybridized carbons (Fsp3) is 0.944. The molecular weight excluding hydrogens is 415 g/mol. The molecule has 5 nitrogen and oxygen atoms in total. The molecule has 1 atom stereocenters. The largest absolute Gasteiger partial charge is 0.379 e. The number of halogens is 1. The second kappa shape index (κ2) is 12.3. The zero-order valence-electron chi connectivity index (χ0n) is 15.7. The maximum absolute atomic E-state index is 5.53. The molecule has 2 fully saturated rings. The predicted octanol–water partition coefficient (Wildman–Crippen LogP) is 2.71. The summed E-state index contributed by atoms with van der Waals surface area (Å²) in [6.45, 7) is 10.5. The highest BCUT2D eigenvalue weighted by atomic mass is 127. The number of aliphatic imine (C=N–C) groups is 1. The van der Waals surface area contributed by atoms with E-state index in [1.807, 2.05) is 7.05 Å². The van der Waals surface area contributed by atoms with Crippen LogP contribution in [0.3, 0.4) is 0 Å². The molecule has 0 bridgehead atoms. The van der Waals surface area contributed by atoms with Gasteiger partial charge in [-0.3, -0.25) is 9.89 Å². The number of morpholine rings is 1. The first-order chi connectivity index (χ1) is 11.3. The molecule has 1 saturated carbocycles. The number of nitrogens with zero attached hydrogens (tertiary/aromatic N) is 2. The van der Waals surface area contributed by atoms with E-state index in [0.29, 0.717) is 6.04 Å². The van der Waals surface area contributed by atoms with Crippen molar-refractivity contribution in [1.82, 2.24) is 15.5 Å². The van der Waals surface area contributed by atoms with E-state index >= 15 is 0 Å². The van der Waals surface area contributed by atoms with Gasteiger partial charge in [0, 0.05) is 39.3 Å². The van der Waals surface area contributed by atoms with Crippen molar-refractivity contribution in [1.29, 1.82) is 0 Å². The van der Waals surface area contributed by atoms with Crippen LogP contribution in [0, 0.1) is 11.8 Å². The molecule has 0 aromatic rings. The summed E-state index contributed by atoms with van der Waals surface area (Å²) in [6, 6.07) is 0.566. The Kier molecular flexibility index (Phi) is 11.3. The minimum absolute atomic E-state index is 0. The van der Waals surface area contributed by atoms with Crippen LogP contribution in [0.5, 0.6) is 0 Å². The van der Waals surface area contributed by atoms with Crippen molar-refractivity contribution < 1.29 is 4.74 Å². The Morgan fingerprint density at radius 3 is 2.38 bits per heavy atom. The van der Waals surface area contributed by atoms with Gasteiger partial charge in [-0.2, -0.15) is 0 Å². The SMILES string of the molecule is CCC(CC)C(CNC(=NC)NCCC1CC1)N1CCOCC1.I. The average Bonchev–Trinajstić information content (AvgIpc) is 3.42. The molecule has 0 aromatic heterocycles. The van der Waals surface area contributed by atoms with Gasteiger partial charge < -0.3 is 15.4 Å². The van der Waals surface area contributed by atoms with Gasteiger partial charge in [-0.15, -0.1) is 24.0 Å². The summed E-state index contributed by atoms with van der Waals surface area (Å²) in [5, 5.41) is 7.04. The van der Waals surface area contributed by atoms with Crippen LogP contribution in [0.25, 0.3) is 0 Å². The van der Waals surface area contributed by atoms with E-state index in [1.165, 1.54) is 32.1 Å². The Morgan fingerprint density at radius 2 is 1.83 bits per heavy atom. The lowest BCUT2D eigenvalue weighted by Crippen LogP contribution is -2.53. The Labute approximate surface area is 165 Å². The minimum Gasteiger partial charge on any atom is -0.379 e. The summed E-state index contributed by atoms with van der Waals surface area (Å²) in [7, 11) is 1.87. The smallest absolute Gasteiger partial charge is 0.191 e. The van der Waals surface area contributed by atoms with E-state index < -0.39 is 0 Å². The van der Waals surface area contributed by atoms with Gasteiger partial charge in [-0.05, 0) is 18.3 Å². The van der Waals surface area contributed by atoms with E-state index in [2.05, 4.69) is 34.4 Å². The monoisotopic (exact) mass is 452 g/mol. The first-order valence-corrected chi connectivity index (χ1v) is 9.54. The maximum Gasteiger partial charge on any atom is 0.191 e. The fourth-order valence-electron chi connectivity index (χ4n) is 3.56. The summed E-state index contributed by atoms with van der Waals surface area (Å²) >= 11 is 0. The van der Waals surface area contributed by atoms with Gasteiger partial charge in [0.1, 0.15) is 0 Å². The van der Waals surface area contributed by atoms with Crippen molar-refractivity contribution in [2.75, 3.05) is 46.4 Å². The van der Waals surface area contributed by atoms with Crippen LogP contribution in [0.15, 0.2) is 4.99 Å². The molecule has 24 heavy (non-hydrogen) atoms. The van der Waals surface area contributed by atoms with Crippen LogP contribution in [0.1, 0.15) is 46.0 Å². The second-order valence-corrected chi connectivity index (χ2v) is 6.90. The van der Waals surface area contributed by atoms with Crippen LogP contribution < -0.4 is 10.6 Å². The first kappa shape index (κ1) is 22.0. The summed E-state index contributed by atoms with van der Waals surface area (Å²) in [5.41, 5.74) is 0. The summed E-state index contributed by atoms with van der Waals surface area (Å²) in [4.78, 5) is 6.99. The normalized spacial score (nSPS) is 20.6. The number of hydrogen-bond acceptors (Lipinski definition) is 3. The molecule has 1 unspecified atom stereocenters. The molecule has 2 rings (SSSR count). The molecule has 1 aliphatic heterocycles. The Morgan fingerprint density at radius 1 is 1.17 bits per heavy atom. The van der Waals surface area contributed by atoms with Gasteiger partial charge in [0.15, 0.2) is 5.96 Å². The van der Waals surface area contributed by atoms with Crippen LogP contribution >= 0.6 is 24.0 Å². The predicted molar refractivity (Wildman–Crippen MR) is 112 cm³/mol. The Balaban J connectivity index is 0.00000288. The van der Waals surface area contributed by atoms with Crippen molar-refractivity contribution in [2.45, 2.75) is 52.0 Å². The lowest BCUT2D eigenvalue weighted by Gasteiger charge is -2.39. The first-order valence-electron chi connectivity index (χ1n) is 9.54. The van der Waals surface area contributed by atoms with Crippen LogP contribution in [0.4, 0.5) is 0 Å². The van der Waals surface area contributed by atoms with Crippen molar-refractivity contribution in [3.63, 3.8) is 0 Å². The second-order valence-electron chi connectivity index (χ2n) is 6.90. The van der Waals surface area contributed by atoms with Crippen molar-refractivity contribution in [2.24, 2.45) is 16.8 Å². The molecule has 2 aliphatic rings. The Bertz CT molecular complexity index is 353. The number of hydrogen-bond donors (Lipinski definition) is 2. The summed E-state index contributed by atoms with van der Waals surface area (Å²) < 4.78 is 5.53. The molecule has 6 heteroatoms. The van der Waals surface area contributed by atoms with E-state index in [0.717, 1.165) is 57.2 Å². The zero-order chi connectivity index (χ0) is 16.5. The molecule has 1 saturated heterocycles. The van der Waals surface area contributed by atoms with Crippen molar-refractivity contribution in [3.8, 4) is 0 Å². The highest BCUT2D eigenvalue weighted by Gasteiger charge is 2.27. The highest BCUT2D eigenvalue weighted by molar-refractivity contribution is 14.0. The zero-order valence-corrected chi connectivity index (χ0v) is 18.1. The van der Waals surface area contributed by atoms with E-state index in [-0.39, 0.29) is 24.0 Å². The maximum atomic E-state index is 5.53. The summed E-state index contributed by atoms with van der Waals surface area (Å²) in [5.74, 6) is 2.64. The molecule has 142 valence electrons. The molecule has 1 heterocycles. The average molecular weight is 452 g/mol. The topological polar surface area (TPSA) is 48.9 Å². The van der Waals surface area contributed by atoms with Gasteiger partial charge in [-0.25, -0.2) is 0 Å². The molecule has 1 aliphatic carbocycles. The molecule has 0 spiro atoms.